The van der Waals surface area contributed by atoms with E-state index in [-0.39, 0.29) is 5.41 Å². The van der Waals surface area contributed by atoms with E-state index in [1.165, 1.54) is 0 Å². The summed E-state index contributed by atoms with van der Waals surface area (Å²) in [5.41, 5.74) is 5.90. The van der Waals surface area contributed by atoms with Crippen molar-refractivity contribution in [3.05, 3.63) is 29.8 Å². The standard InChI is InChI=1S/C17H27NO2/c1-13-8-10-17(12-18,11-9-13)16(2,19)14-4-6-15(20-3)7-5-14/h4-7,13,19H,8-12,18H2,1-3H3. The third-order valence-electron chi connectivity index (χ3n) is 5.31. The molecule has 1 unspecified atom stereocenters. The number of methoxy groups -OCH3 is 1. The predicted octanol–water partition coefficient (Wildman–Crippen LogP) is 3.06. The summed E-state index contributed by atoms with van der Waals surface area (Å²) < 4.78 is 5.19. The van der Waals surface area contributed by atoms with Crippen molar-refractivity contribution in [3.8, 4) is 5.75 Å². The fourth-order valence-corrected chi connectivity index (χ4v) is 3.43. The summed E-state index contributed by atoms with van der Waals surface area (Å²) in [5, 5.41) is 11.2. The van der Waals surface area contributed by atoms with Crippen LogP contribution >= 0.6 is 0 Å². The molecule has 1 fully saturated rings. The van der Waals surface area contributed by atoms with Crippen LogP contribution in [0.25, 0.3) is 0 Å². The van der Waals surface area contributed by atoms with Crippen LogP contribution in [0.5, 0.6) is 5.75 Å². The summed E-state index contributed by atoms with van der Waals surface area (Å²) in [6.07, 6.45) is 4.26. The molecule has 1 aromatic rings. The molecular weight excluding hydrogens is 250 g/mol. The highest BCUT2D eigenvalue weighted by Crippen LogP contribution is 2.50. The molecule has 1 aliphatic carbocycles. The van der Waals surface area contributed by atoms with Crippen molar-refractivity contribution < 1.29 is 9.84 Å². The zero-order valence-electron chi connectivity index (χ0n) is 12.9. The normalized spacial score (nSPS) is 29.8. The molecule has 1 aromatic carbocycles. The monoisotopic (exact) mass is 277 g/mol. The fraction of sp³-hybridized carbons (Fsp3) is 0.647. The van der Waals surface area contributed by atoms with Crippen molar-refractivity contribution in [2.75, 3.05) is 13.7 Å². The van der Waals surface area contributed by atoms with Crippen LogP contribution in [0.3, 0.4) is 0 Å². The summed E-state index contributed by atoms with van der Waals surface area (Å²) in [7, 11) is 1.65. The van der Waals surface area contributed by atoms with Crippen molar-refractivity contribution in [1.29, 1.82) is 0 Å². The van der Waals surface area contributed by atoms with Gasteiger partial charge in [-0.3, -0.25) is 0 Å². The van der Waals surface area contributed by atoms with Gasteiger partial charge < -0.3 is 15.6 Å². The minimum Gasteiger partial charge on any atom is -0.497 e. The molecule has 0 aliphatic heterocycles. The molecule has 20 heavy (non-hydrogen) atoms. The number of nitrogens with two attached hydrogens (primary N) is 1. The Hall–Kier alpha value is -1.06. The first-order chi connectivity index (χ1) is 9.45. The van der Waals surface area contributed by atoms with Crippen molar-refractivity contribution >= 4 is 0 Å². The van der Waals surface area contributed by atoms with E-state index in [1.54, 1.807) is 7.11 Å². The Bertz CT molecular complexity index is 431. The molecule has 1 saturated carbocycles. The number of benzene rings is 1. The minimum absolute atomic E-state index is 0.214. The average Bonchev–Trinajstić information content (AvgIpc) is 2.48. The average molecular weight is 277 g/mol. The smallest absolute Gasteiger partial charge is 0.118 e. The maximum Gasteiger partial charge on any atom is 0.118 e. The van der Waals surface area contributed by atoms with Gasteiger partial charge in [0, 0.05) is 12.0 Å². The second-order valence-electron chi connectivity index (χ2n) is 6.47. The van der Waals surface area contributed by atoms with Gasteiger partial charge in [-0.25, -0.2) is 0 Å². The molecule has 112 valence electrons. The van der Waals surface area contributed by atoms with Gasteiger partial charge >= 0.3 is 0 Å². The molecule has 3 heteroatoms. The lowest BCUT2D eigenvalue weighted by atomic mass is 9.60. The van der Waals surface area contributed by atoms with Gasteiger partial charge in [0.05, 0.1) is 12.7 Å². The lowest BCUT2D eigenvalue weighted by Gasteiger charge is -2.49. The first-order valence-electron chi connectivity index (χ1n) is 7.52. The van der Waals surface area contributed by atoms with E-state index in [4.69, 9.17) is 10.5 Å². The Morgan fingerprint density at radius 3 is 2.30 bits per heavy atom. The molecule has 1 aliphatic rings. The first-order valence-corrected chi connectivity index (χ1v) is 7.52. The summed E-state index contributed by atoms with van der Waals surface area (Å²) in [6, 6.07) is 7.71. The third-order valence-corrected chi connectivity index (χ3v) is 5.31. The number of hydrogen-bond donors (Lipinski definition) is 2. The van der Waals surface area contributed by atoms with Crippen molar-refractivity contribution in [3.63, 3.8) is 0 Å². The Kier molecular flexibility index (Phi) is 4.40. The Morgan fingerprint density at radius 1 is 1.30 bits per heavy atom. The molecule has 0 radical (unpaired) electrons. The summed E-state index contributed by atoms with van der Waals surface area (Å²) in [5.74, 6) is 1.55. The van der Waals surface area contributed by atoms with Crippen LogP contribution in [-0.2, 0) is 5.60 Å². The van der Waals surface area contributed by atoms with Gasteiger partial charge in [-0.15, -0.1) is 0 Å². The molecule has 0 aromatic heterocycles. The topological polar surface area (TPSA) is 55.5 Å². The van der Waals surface area contributed by atoms with Crippen LogP contribution < -0.4 is 10.5 Å². The highest BCUT2D eigenvalue weighted by Gasteiger charge is 2.48. The van der Waals surface area contributed by atoms with E-state index in [9.17, 15) is 5.11 Å². The van der Waals surface area contributed by atoms with E-state index in [2.05, 4.69) is 6.92 Å². The lowest BCUT2D eigenvalue weighted by molar-refractivity contribution is -0.0970. The number of rotatable bonds is 4. The summed E-state index contributed by atoms with van der Waals surface area (Å²) >= 11 is 0. The van der Waals surface area contributed by atoms with Crippen LogP contribution in [0.2, 0.25) is 0 Å². The van der Waals surface area contributed by atoms with Crippen molar-refractivity contribution in [2.45, 2.75) is 45.1 Å². The van der Waals surface area contributed by atoms with E-state index < -0.39 is 5.60 Å². The van der Waals surface area contributed by atoms with Crippen molar-refractivity contribution in [1.82, 2.24) is 0 Å². The molecule has 3 N–H and O–H groups in total. The highest BCUT2D eigenvalue weighted by molar-refractivity contribution is 5.32. The zero-order chi connectivity index (χ0) is 14.8. The minimum atomic E-state index is -0.895. The van der Waals surface area contributed by atoms with Crippen LogP contribution in [-0.4, -0.2) is 18.8 Å². The van der Waals surface area contributed by atoms with Gasteiger partial charge in [-0.05, 0) is 43.4 Å². The Balaban J connectivity index is 2.30. The van der Waals surface area contributed by atoms with Crippen LogP contribution in [0.1, 0.15) is 45.1 Å². The fourth-order valence-electron chi connectivity index (χ4n) is 3.43. The summed E-state index contributed by atoms with van der Waals surface area (Å²) in [6.45, 7) is 4.72. The summed E-state index contributed by atoms with van der Waals surface area (Å²) in [4.78, 5) is 0. The van der Waals surface area contributed by atoms with Crippen LogP contribution in [0.4, 0.5) is 0 Å². The van der Waals surface area contributed by atoms with Gasteiger partial charge in [0.2, 0.25) is 0 Å². The molecule has 0 amide bonds. The Morgan fingerprint density at radius 2 is 1.85 bits per heavy atom. The quantitative estimate of drug-likeness (QED) is 0.889. The molecule has 0 spiro atoms. The van der Waals surface area contributed by atoms with Gasteiger partial charge in [0.15, 0.2) is 0 Å². The zero-order valence-corrected chi connectivity index (χ0v) is 12.9. The van der Waals surface area contributed by atoms with Gasteiger partial charge in [0.1, 0.15) is 5.75 Å². The first kappa shape index (κ1) is 15.3. The lowest BCUT2D eigenvalue weighted by Crippen LogP contribution is -2.50. The number of aliphatic hydroxyl groups is 1. The van der Waals surface area contributed by atoms with Gasteiger partial charge in [-0.2, -0.15) is 0 Å². The van der Waals surface area contributed by atoms with Gasteiger partial charge in [0.25, 0.3) is 0 Å². The van der Waals surface area contributed by atoms with E-state index in [1.807, 2.05) is 31.2 Å². The number of ether oxygens (including phenoxy) is 1. The second kappa shape index (κ2) is 5.74. The van der Waals surface area contributed by atoms with E-state index >= 15 is 0 Å². The molecule has 1 atom stereocenters. The SMILES string of the molecule is COc1ccc(C(C)(O)C2(CN)CCC(C)CC2)cc1. The second-order valence-corrected chi connectivity index (χ2v) is 6.47. The Labute approximate surface area is 122 Å². The molecule has 0 bridgehead atoms. The van der Waals surface area contributed by atoms with Crippen LogP contribution in [0, 0.1) is 11.3 Å². The largest absolute Gasteiger partial charge is 0.497 e. The molecule has 2 rings (SSSR count). The highest BCUT2D eigenvalue weighted by atomic mass is 16.5. The molecule has 0 heterocycles. The van der Waals surface area contributed by atoms with E-state index in [0.29, 0.717) is 6.54 Å². The van der Waals surface area contributed by atoms with Crippen LogP contribution in [0.15, 0.2) is 24.3 Å². The maximum atomic E-state index is 11.2. The number of hydrogen-bond acceptors (Lipinski definition) is 3. The maximum absolute atomic E-state index is 11.2. The molecular formula is C17H27NO2. The molecule has 3 nitrogen and oxygen atoms in total. The predicted molar refractivity (Wildman–Crippen MR) is 81.7 cm³/mol. The van der Waals surface area contributed by atoms with Crippen molar-refractivity contribution in [2.24, 2.45) is 17.1 Å². The third kappa shape index (κ3) is 2.57. The van der Waals surface area contributed by atoms with Gasteiger partial charge in [-0.1, -0.05) is 31.9 Å². The molecule has 0 saturated heterocycles. The van der Waals surface area contributed by atoms with E-state index in [0.717, 1.165) is 42.9 Å².